The van der Waals surface area contributed by atoms with E-state index < -0.39 is 5.41 Å². The lowest BCUT2D eigenvalue weighted by Crippen LogP contribution is -2.34. The Morgan fingerprint density at radius 3 is 2.68 bits per heavy atom. The van der Waals surface area contributed by atoms with Gasteiger partial charge in [-0.2, -0.15) is 0 Å². The number of carbonyl (C=O) groups is 1. The van der Waals surface area contributed by atoms with Crippen molar-refractivity contribution < 1.29 is 14.3 Å². The third-order valence-corrected chi connectivity index (χ3v) is 4.52. The Morgan fingerprint density at radius 2 is 2.00 bits per heavy atom. The molecule has 0 fully saturated rings. The van der Waals surface area contributed by atoms with Crippen molar-refractivity contribution in [3.05, 3.63) is 35.0 Å². The van der Waals surface area contributed by atoms with Crippen LogP contribution in [0.15, 0.2) is 24.4 Å². The van der Waals surface area contributed by atoms with E-state index in [0.717, 1.165) is 21.3 Å². The normalized spacial score (nSPS) is 13.8. The molecule has 0 aliphatic carbocycles. The number of nitrogens with one attached hydrogen (secondary N) is 1. The Bertz CT molecular complexity index is 709. The van der Waals surface area contributed by atoms with Crippen LogP contribution in [0.3, 0.4) is 0 Å². The van der Waals surface area contributed by atoms with Gasteiger partial charge in [0.25, 0.3) is 0 Å². The summed E-state index contributed by atoms with van der Waals surface area (Å²) in [6.07, 6.45) is 1.68. The van der Waals surface area contributed by atoms with Crippen LogP contribution >= 0.6 is 11.3 Å². The largest absolute Gasteiger partial charge is 0.486 e. The second-order valence-electron chi connectivity index (χ2n) is 5.68. The SMILES string of the molecule is Cc1ncc(NC(=O)C(C)(C)c2ccc3c(c2)OCCO3)s1. The molecule has 0 unspecified atom stereocenters. The Balaban J connectivity index is 1.83. The summed E-state index contributed by atoms with van der Waals surface area (Å²) in [5.74, 6) is 1.34. The number of amides is 1. The third kappa shape index (κ3) is 2.78. The maximum absolute atomic E-state index is 12.6. The molecule has 0 radical (unpaired) electrons. The van der Waals surface area contributed by atoms with Gasteiger partial charge in [0, 0.05) is 0 Å². The van der Waals surface area contributed by atoms with Gasteiger partial charge in [0.1, 0.15) is 18.2 Å². The first-order valence-electron chi connectivity index (χ1n) is 7.11. The molecule has 0 saturated heterocycles. The molecular weight excluding hydrogens is 300 g/mol. The number of thiazole rings is 1. The highest BCUT2D eigenvalue weighted by atomic mass is 32.1. The van der Waals surface area contributed by atoms with Gasteiger partial charge in [0.15, 0.2) is 11.5 Å². The molecule has 0 atom stereocenters. The van der Waals surface area contributed by atoms with Crippen molar-refractivity contribution in [3.63, 3.8) is 0 Å². The molecule has 1 amide bonds. The predicted octanol–water partition coefficient (Wildman–Crippen LogP) is 3.14. The second-order valence-corrected chi connectivity index (χ2v) is 6.92. The van der Waals surface area contributed by atoms with Crippen LogP contribution in [-0.4, -0.2) is 24.1 Å². The fourth-order valence-electron chi connectivity index (χ4n) is 2.25. The van der Waals surface area contributed by atoms with E-state index in [-0.39, 0.29) is 5.91 Å². The molecule has 5 nitrogen and oxygen atoms in total. The summed E-state index contributed by atoms with van der Waals surface area (Å²) in [4.78, 5) is 16.8. The van der Waals surface area contributed by atoms with E-state index in [0.29, 0.717) is 19.0 Å². The molecule has 0 saturated carbocycles. The van der Waals surface area contributed by atoms with E-state index in [1.54, 1.807) is 6.20 Å². The molecular formula is C16H18N2O3S. The van der Waals surface area contributed by atoms with Gasteiger partial charge in [-0.3, -0.25) is 4.79 Å². The maximum atomic E-state index is 12.6. The number of aromatic nitrogens is 1. The molecule has 1 aromatic carbocycles. The molecule has 1 aliphatic heterocycles. The molecule has 1 aromatic heterocycles. The maximum Gasteiger partial charge on any atom is 0.235 e. The van der Waals surface area contributed by atoms with Gasteiger partial charge in [0.05, 0.1) is 16.6 Å². The standard InChI is InChI=1S/C16H18N2O3S/c1-10-17-9-14(22-10)18-15(19)16(2,3)11-4-5-12-13(8-11)21-7-6-20-12/h4-5,8-9H,6-7H2,1-3H3,(H,18,19). The molecule has 0 spiro atoms. The van der Waals surface area contributed by atoms with Crippen molar-refractivity contribution in [2.45, 2.75) is 26.2 Å². The number of hydrogen-bond donors (Lipinski definition) is 1. The van der Waals surface area contributed by atoms with E-state index in [2.05, 4.69) is 10.3 Å². The first-order chi connectivity index (χ1) is 10.5. The van der Waals surface area contributed by atoms with E-state index in [1.807, 2.05) is 39.0 Å². The van der Waals surface area contributed by atoms with Gasteiger partial charge < -0.3 is 14.8 Å². The van der Waals surface area contributed by atoms with Crippen LogP contribution in [0.5, 0.6) is 11.5 Å². The zero-order valence-corrected chi connectivity index (χ0v) is 13.6. The number of anilines is 1. The number of fused-ring (bicyclic) bond motifs is 1. The van der Waals surface area contributed by atoms with Gasteiger partial charge >= 0.3 is 0 Å². The lowest BCUT2D eigenvalue weighted by atomic mass is 9.83. The van der Waals surface area contributed by atoms with Gasteiger partial charge in [0.2, 0.25) is 5.91 Å². The molecule has 116 valence electrons. The Morgan fingerprint density at radius 1 is 1.27 bits per heavy atom. The summed E-state index contributed by atoms with van der Waals surface area (Å²) in [6, 6.07) is 5.65. The zero-order valence-electron chi connectivity index (χ0n) is 12.8. The molecule has 22 heavy (non-hydrogen) atoms. The summed E-state index contributed by atoms with van der Waals surface area (Å²) in [7, 11) is 0. The number of benzene rings is 1. The van der Waals surface area contributed by atoms with Crippen molar-refractivity contribution in [1.29, 1.82) is 0 Å². The molecule has 0 bridgehead atoms. The van der Waals surface area contributed by atoms with Crippen molar-refractivity contribution >= 4 is 22.2 Å². The fourth-order valence-corrected chi connectivity index (χ4v) is 2.92. The van der Waals surface area contributed by atoms with Gasteiger partial charge in [-0.05, 0) is 38.5 Å². The topological polar surface area (TPSA) is 60.5 Å². The smallest absolute Gasteiger partial charge is 0.235 e. The van der Waals surface area contributed by atoms with Crippen LogP contribution in [0.25, 0.3) is 0 Å². The minimum absolute atomic E-state index is 0.0761. The Labute approximate surface area is 133 Å². The molecule has 3 rings (SSSR count). The molecule has 6 heteroatoms. The highest BCUT2D eigenvalue weighted by Crippen LogP contribution is 2.35. The summed E-state index contributed by atoms with van der Waals surface area (Å²) in [6.45, 7) is 6.78. The quantitative estimate of drug-likeness (QED) is 0.944. The molecule has 1 aliphatic rings. The third-order valence-electron chi connectivity index (χ3n) is 3.69. The number of nitrogens with zero attached hydrogens (tertiary/aromatic N) is 1. The zero-order chi connectivity index (χ0) is 15.7. The Kier molecular flexibility index (Phi) is 3.78. The highest BCUT2D eigenvalue weighted by Gasteiger charge is 2.31. The van der Waals surface area contributed by atoms with Crippen LogP contribution < -0.4 is 14.8 Å². The van der Waals surface area contributed by atoms with Gasteiger partial charge in [-0.25, -0.2) is 4.98 Å². The monoisotopic (exact) mass is 318 g/mol. The van der Waals surface area contributed by atoms with Crippen molar-refractivity contribution in [3.8, 4) is 11.5 Å². The van der Waals surface area contributed by atoms with Crippen LogP contribution in [0.4, 0.5) is 5.00 Å². The number of carbonyl (C=O) groups excluding carboxylic acids is 1. The highest BCUT2D eigenvalue weighted by molar-refractivity contribution is 7.15. The summed E-state index contributed by atoms with van der Waals surface area (Å²) >= 11 is 1.46. The first kappa shape index (κ1) is 14.8. The fraction of sp³-hybridized carbons (Fsp3) is 0.375. The summed E-state index contributed by atoms with van der Waals surface area (Å²) in [5.41, 5.74) is 0.198. The van der Waals surface area contributed by atoms with Crippen LogP contribution in [-0.2, 0) is 10.2 Å². The van der Waals surface area contributed by atoms with Gasteiger partial charge in [-0.15, -0.1) is 11.3 Å². The van der Waals surface area contributed by atoms with Crippen molar-refractivity contribution in [1.82, 2.24) is 4.98 Å². The molecule has 2 aromatic rings. The summed E-state index contributed by atoms with van der Waals surface area (Å²) < 4.78 is 11.1. The summed E-state index contributed by atoms with van der Waals surface area (Å²) in [5, 5.41) is 4.61. The lowest BCUT2D eigenvalue weighted by molar-refractivity contribution is -0.120. The van der Waals surface area contributed by atoms with Crippen LogP contribution in [0.1, 0.15) is 24.4 Å². The average Bonchev–Trinajstić information content (AvgIpc) is 2.91. The average molecular weight is 318 g/mol. The second kappa shape index (κ2) is 5.61. The van der Waals surface area contributed by atoms with E-state index in [9.17, 15) is 4.79 Å². The Hall–Kier alpha value is -2.08. The number of hydrogen-bond acceptors (Lipinski definition) is 5. The van der Waals surface area contributed by atoms with Crippen molar-refractivity contribution in [2.75, 3.05) is 18.5 Å². The van der Waals surface area contributed by atoms with E-state index >= 15 is 0 Å². The van der Waals surface area contributed by atoms with Crippen LogP contribution in [0, 0.1) is 6.92 Å². The molecule has 2 heterocycles. The minimum atomic E-state index is -0.687. The number of ether oxygens (including phenoxy) is 2. The minimum Gasteiger partial charge on any atom is -0.486 e. The number of rotatable bonds is 3. The van der Waals surface area contributed by atoms with E-state index in [4.69, 9.17) is 9.47 Å². The molecule has 1 N–H and O–H groups in total. The number of aryl methyl sites for hydroxylation is 1. The van der Waals surface area contributed by atoms with Gasteiger partial charge in [-0.1, -0.05) is 6.07 Å². The van der Waals surface area contributed by atoms with E-state index in [1.165, 1.54) is 11.3 Å². The van der Waals surface area contributed by atoms with Crippen molar-refractivity contribution in [2.24, 2.45) is 0 Å². The predicted molar refractivity (Wildman–Crippen MR) is 85.9 cm³/mol. The first-order valence-corrected chi connectivity index (χ1v) is 7.92. The lowest BCUT2D eigenvalue weighted by Gasteiger charge is -2.26. The van der Waals surface area contributed by atoms with Crippen LogP contribution in [0.2, 0.25) is 0 Å².